The van der Waals surface area contributed by atoms with Crippen LogP contribution in [-0.2, 0) is 13.1 Å². The monoisotopic (exact) mass is 312 g/mol. The van der Waals surface area contributed by atoms with Crippen molar-refractivity contribution in [3.63, 3.8) is 0 Å². The van der Waals surface area contributed by atoms with Gasteiger partial charge >= 0.3 is 0 Å². The van der Waals surface area contributed by atoms with E-state index < -0.39 is 0 Å². The summed E-state index contributed by atoms with van der Waals surface area (Å²) in [5.41, 5.74) is 2.70. The van der Waals surface area contributed by atoms with E-state index in [4.69, 9.17) is 0 Å². The SMILES string of the molecule is c1cc[n+](Cc2cccc3c(C[n+]4ccccc4)cccc23)cc1. The van der Waals surface area contributed by atoms with Crippen molar-refractivity contribution < 1.29 is 9.13 Å². The highest BCUT2D eigenvalue weighted by molar-refractivity contribution is 5.88. The summed E-state index contributed by atoms with van der Waals surface area (Å²) in [5, 5.41) is 2.67. The minimum absolute atomic E-state index is 0.889. The van der Waals surface area contributed by atoms with Gasteiger partial charge in [0.2, 0.25) is 0 Å². The number of benzene rings is 2. The molecule has 0 fully saturated rings. The van der Waals surface area contributed by atoms with Crippen LogP contribution in [0.15, 0.2) is 97.6 Å². The van der Waals surface area contributed by atoms with Crippen LogP contribution in [0, 0.1) is 0 Å². The lowest BCUT2D eigenvalue weighted by Crippen LogP contribution is -2.33. The number of hydrogen-bond donors (Lipinski definition) is 0. The highest BCUT2D eigenvalue weighted by Crippen LogP contribution is 2.22. The molecule has 0 saturated carbocycles. The third-order valence-electron chi connectivity index (χ3n) is 4.36. The second-order valence-corrected chi connectivity index (χ2v) is 6.03. The fraction of sp³-hybridized carbons (Fsp3) is 0.0909. The number of hydrogen-bond acceptors (Lipinski definition) is 0. The first-order valence-corrected chi connectivity index (χ1v) is 8.28. The fourth-order valence-corrected chi connectivity index (χ4v) is 3.19. The van der Waals surface area contributed by atoms with Gasteiger partial charge in [0.1, 0.15) is 0 Å². The summed E-state index contributed by atoms with van der Waals surface area (Å²) in [7, 11) is 0. The lowest BCUT2D eigenvalue weighted by atomic mass is 9.99. The maximum Gasteiger partial charge on any atom is 0.174 e. The average molecular weight is 312 g/mol. The molecule has 24 heavy (non-hydrogen) atoms. The molecule has 4 rings (SSSR count). The summed E-state index contributed by atoms with van der Waals surface area (Å²) < 4.78 is 4.43. The Bertz CT molecular complexity index is 866. The Morgan fingerprint density at radius 1 is 0.458 bits per heavy atom. The van der Waals surface area contributed by atoms with Gasteiger partial charge in [-0.3, -0.25) is 0 Å². The van der Waals surface area contributed by atoms with E-state index in [9.17, 15) is 0 Å². The summed E-state index contributed by atoms with van der Waals surface area (Å²) in [6, 6.07) is 25.6. The van der Waals surface area contributed by atoms with Crippen molar-refractivity contribution in [2.45, 2.75) is 13.1 Å². The van der Waals surface area contributed by atoms with Crippen LogP contribution in [0.25, 0.3) is 10.8 Å². The molecule has 0 aliphatic carbocycles. The van der Waals surface area contributed by atoms with Crippen LogP contribution in [-0.4, -0.2) is 0 Å². The largest absolute Gasteiger partial charge is 0.201 e. The Labute approximate surface area is 142 Å². The molecule has 2 nitrogen and oxygen atoms in total. The van der Waals surface area contributed by atoms with Crippen LogP contribution in [0.2, 0.25) is 0 Å². The minimum Gasteiger partial charge on any atom is -0.201 e. The molecule has 4 aromatic rings. The quantitative estimate of drug-likeness (QED) is 0.510. The molecule has 0 spiro atoms. The standard InChI is InChI=1S/C22H20N2/c1-3-13-23(14-4-1)17-19-9-7-12-22-20(10-8-11-21(19)22)18-24-15-5-2-6-16-24/h1-16H,17-18H2/q+2. The zero-order valence-corrected chi connectivity index (χ0v) is 13.5. The number of fused-ring (bicyclic) bond motifs is 1. The van der Waals surface area contributed by atoms with Crippen LogP contribution in [0.1, 0.15) is 11.1 Å². The van der Waals surface area contributed by atoms with E-state index >= 15 is 0 Å². The molecule has 0 aliphatic rings. The first-order chi connectivity index (χ1) is 11.9. The van der Waals surface area contributed by atoms with Crippen molar-refractivity contribution in [3.8, 4) is 0 Å². The molecule has 2 heteroatoms. The van der Waals surface area contributed by atoms with Gasteiger partial charge in [0, 0.05) is 35.4 Å². The third-order valence-corrected chi connectivity index (χ3v) is 4.36. The van der Waals surface area contributed by atoms with Crippen molar-refractivity contribution in [1.82, 2.24) is 0 Å². The van der Waals surface area contributed by atoms with E-state index in [1.54, 1.807) is 0 Å². The number of pyridine rings is 2. The second kappa shape index (κ2) is 6.63. The summed E-state index contributed by atoms with van der Waals surface area (Å²) in [5.74, 6) is 0. The Kier molecular flexibility index (Phi) is 4.03. The third kappa shape index (κ3) is 3.04. The molecule has 2 aromatic carbocycles. The summed E-state index contributed by atoms with van der Waals surface area (Å²) in [6.07, 6.45) is 8.45. The maximum absolute atomic E-state index is 2.23. The highest BCUT2D eigenvalue weighted by Gasteiger charge is 2.11. The molecule has 2 aromatic heterocycles. The molecule has 0 unspecified atom stereocenters. The van der Waals surface area contributed by atoms with Crippen LogP contribution < -0.4 is 9.13 Å². The number of nitrogens with zero attached hydrogens (tertiary/aromatic N) is 2. The van der Waals surface area contributed by atoms with Gasteiger partial charge in [-0.2, -0.15) is 0 Å². The molecule has 0 radical (unpaired) electrons. The predicted molar refractivity (Wildman–Crippen MR) is 95.4 cm³/mol. The van der Waals surface area contributed by atoms with Gasteiger partial charge in [0.25, 0.3) is 0 Å². The van der Waals surface area contributed by atoms with Gasteiger partial charge in [-0.25, -0.2) is 9.13 Å². The average Bonchev–Trinajstić information content (AvgIpc) is 2.64. The molecule has 0 amide bonds. The predicted octanol–water partition coefficient (Wildman–Crippen LogP) is 3.51. The van der Waals surface area contributed by atoms with E-state index in [0.29, 0.717) is 0 Å². The maximum atomic E-state index is 2.23. The molecule has 116 valence electrons. The zero-order valence-electron chi connectivity index (χ0n) is 13.5. The normalized spacial score (nSPS) is 10.8. The van der Waals surface area contributed by atoms with E-state index in [-0.39, 0.29) is 0 Å². The van der Waals surface area contributed by atoms with E-state index in [0.717, 1.165) is 13.1 Å². The van der Waals surface area contributed by atoms with Crippen molar-refractivity contribution in [1.29, 1.82) is 0 Å². The highest BCUT2D eigenvalue weighted by atomic mass is 14.9. The van der Waals surface area contributed by atoms with Gasteiger partial charge in [0.15, 0.2) is 37.9 Å². The van der Waals surface area contributed by atoms with E-state index in [1.165, 1.54) is 21.9 Å². The number of rotatable bonds is 4. The van der Waals surface area contributed by atoms with Gasteiger partial charge in [-0.15, -0.1) is 0 Å². The lowest BCUT2D eigenvalue weighted by Gasteiger charge is -2.07. The van der Waals surface area contributed by atoms with Gasteiger partial charge in [0.05, 0.1) is 0 Å². The van der Waals surface area contributed by atoms with Crippen LogP contribution in [0.5, 0.6) is 0 Å². The first-order valence-electron chi connectivity index (χ1n) is 8.28. The van der Waals surface area contributed by atoms with E-state index in [2.05, 4.69) is 107 Å². The van der Waals surface area contributed by atoms with Gasteiger partial charge < -0.3 is 0 Å². The summed E-state index contributed by atoms with van der Waals surface area (Å²) in [6.45, 7) is 1.78. The molecule has 0 atom stereocenters. The van der Waals surface area contributed by atoms with Gasteiger partial charge in [-0.1, -0.05) is 48.5 Å². The minimum atomic E-state index is 0.889. The summed E-state index contributed by atoms with van der Waals surface area (Å²) in [4.78, 5) is 0. The molecular weight excluding hydrogens is 292 g/mol. The van der Waals surface area contributed by atoms with Crippen LogP contribution in [0.4, 0.5) is 0 Å². The Morgan fingerprint density at radius 3 is 1.29 bits per heavy atom. The van der Waals surface area contributed by atoms with E-state index in [1.807, 2.05) is 0 Å². The second-order valence-electron chi connectivity index (χ2n) is 6.03. The van der Waals surface area contributed by atoms with Crippen molar-refractivity contribution in [3.05, 3.63) is 109 Å². The smallest absolute Gasteiger partial charge is 0.174 e. The van der Waals surface area contributed by atoms with Crippen molar-refractivity contribution in [2.75, 3.05) is 0 Å². The molecule has 2 heterocycles. The molecule has 0 saturated heterocycles. The lowest BCUT2D eigenvalue weighted by molar-refractivity contribution is -0.688. The number of aromatic nitrogens is 2. The van der Waals surface area contributed by atoms with Crippen LogP contribution in [0.3, 0.4) is 0 Å². The fourth-order valence-electron chi connectivity index (χ4n) is 3.19. The molecular formula is C22H20N2+2. The van der Waals surface area contributed by atoms with Gasteiger partial charge in [-0.05, 0) is 10.8 Å². The Morgan fingerprint density at radius 2 is 0.875 bits per heavy atom. The zero-order chi connectivity index (χ0) is 16.2. The Hall–Kier alpha value is -3.00. The topological polar surface area (TPSA) is 7.76 Å². The van der Waals surface area contributed by atoms with Crippen molar-refractivity contribution >= 4 is 10.8 Å². The Balaban J connectivity index is 1.74. The van der Waals surface area contributed by atoms with Crippen LogP contribution >= 0.6 is 0 Å². The molecule has 0 aliphatic heterocycles. The first kappa shape index (κ1) is 14.6. The summed E-state index contributed by atoms with van der Waals surface area (Å²) >= 11 is 0. The molecule has 0 N–H and O–H groups in total. The van der Waals surface area contributed by atoms with Crippen molar-refractivity contribution in [2.24, 2.45) is 0 Å². The molecule has 0 bridgehead atoms.